The zero-order valence-electron chi connectivity index (χ0n) is 16.8. The second kappa shape index (κ2) is 8.96. The number of hydrogen-bond donors (Lipinski definition) is 2. The fourth-order valence-electron chi connectivity index (χ4n) is 4.11. The van der Waals surface area contributed by atoms with E-state index in [0.717, 1.165) is 11.1 Å². The van der Waals surface area contributed by atoms with Crippen LogP contribution in [0.2, 0.25) is 0 Å². The van der Waals surface area contributed by atoms with Crippen LogP contribution in [0.3, 0.4) is 0 Å². The zero-order chi connectivity index (χ0) is 22.0. The average molecular weight is 423 g/mol. The van der Waals surface area contributed by atoms with Gasteiger partial charge in [0.15, 0.2) is 0 Å². The van der Waals surface area contributed by atoms with Gasteiger partial charge in [-0.2, -0.15) is 0 Å². The van der Waals surface area contributed by atoms with Gasteiger partial charge >= 0.3 is 0 Å². The van der Waals surface area contributed by atoms with Crippen molar-refractivity contribution in [2.45, 2.75) is 31.6 Å². The van der Waals surface area contributed by atoms with Gasteiger partial charge in [0.1, 0.15) is 11.6 Å². The third kappa shape index (κ3) is 4.36. The first-order chi connectivity index (χ1) is 15.0. The van der Waals surface area contributed by atoms with Crippen LogP contribution in [-0.2, 0) is 11.4 Å². The lowest BCUT2D eigenvalue weighted by atomic mass is 9.78. The van der Waals surface area contributed by atoms with E-state index in [9.17, 15) is 23.8 Å². The Hall–Kier alpha value is -3.09. The molecule has 0 aromatic heterocycles. The third-order valence-corrected chi connectivity index (χ3v) is 5.83. The van der Waals surface area contributed by atoms with E-state index < -0.39 is 6.10 Å². The van der Waals surface area contributed by atoms with Crippen LogP contribution in [0, 0.1) is 17.6 Å². The van der Waals surface area contributed by atoms with Crippen molar-refractivity contribution in [1.82, 2.24) is 0 Å². The minimum absolute atomic E-state index is 0.0706. The van der Waals surface area contributed by atoms with E-state index in [-0.39, 0.29) is 36.1 Å². The Morgan fingerprint density at radius 3 is 2.03 bits per heavy atom. The summed E-state index contributed by atoms with van der Waals surface area (Å²) >= 11 is 0. The van der Waals surface area contributed by atoms with E-state index in [0.29, 0.717) is 24.1 Å². The number of aliphatic hydroxyl groups excluding tert-OH is 2. The highest BCUT2D eigenvalue weighted by Gasteiger charge is 2.48. The highest BCUT2D eigenvalue weighted by molar-refractivity contribution is 6.03. The molecule has 0 bridgehead atoms. The monoisotopic (exact) mass is 423 g/mol. The van der Waals surface area contributed by atoms with E-state index in [1.165, 1.54) is 24.3 Å². The first-order valence-electron chi connectivity index (χ1n) is 10.2. The number of benzene rings is 3. The average Bonchev–Trinajstić information content (AvgIpc) is 2.79. The van der Waals surface area contributed by atoms with E-state index >= 15 is 0 Å². The highest BCUT2D eigenvalue weighted by Crippen LogP contribution is 2.46. The molecule has 1 aliphatic heterocycles. The maximum atomic E-state index is 13.4. The molecule has 4 nitrogen and oxygen atoms in total. The van der Waals surface area contributed by atoms with Crippen LogP contribution in [0.4, 0.5) is 14.5 Å². The SMILES string of the molecule is O=C1[C@H](CC[C@H](O)c2ccc(F)cc2)[C@@H](c2ccc(CO)cc2)N1c1ccc(F)cc1. The van der Waals surface area contributed by atoms with Crippen molar-refractivity contribution < 1.29 is 23.8 Å². The number of nitrogens with zero attached hydrogens (tertiary/aromatic N) is 1. The van der Waals surface area contributed by atoms with Crippen molar-refractivity contribution in [3.63, 3.8) is 0 Å². The molecule has 31 heavy (non-hydrogen) atoms. The fraction of sp³-hybridized carbons (Fsp3) is 0.240. The van der Waals surface area contributed by atoms with E-state index in [1.54, 1.807) is 29.2 Å². The van der Waals surface area contributed by atoms with Crippen molar-refractivity contribution in [3.8, 4) is 0 Å². The Morgan fingerprint density at radius 2 is 1.45 bits per heavy atom. The fourth-order valence-corrected chi connectivity index (χ4v) is 4.11. The lowest BCUT2D eigenvalue weighted by Gasteiger charge is -2.48. The molecule has 1 heterocycles. The summed E-state index contributed by atoms with van der Waals surface area (Å²) in [5.41, 5.74) is 2.89. The summed E-state index contributed by atoms with van der Waals surface area (Å²) in [4.78, 5) is 14.6. The quantitative estimate of drug-likeness (QED) is 0.543. The largest absolute Gasteiger partial charge is 0.392 e. The van der Waals surface area contributed by atoms with Crippen molar-refractivity contribution in [1.29, 1.82) is 0 Å². The van der Waals surface area contributed by atoms with Gasteiger partial charge in [0.25, 0.3) is 0 Å². The first-order valence-corrected chi connectivity index (χ1v) is 10.2. The van der Waals surface area contributed by atoms with E-state index in [1.807, 2.05) is 24.3 Å². The van der Waals surface area contributed by atoms with Crippen LogP contribution in [0.5, 0.6) is 0 Å². The van der Waals surface area contributed by atoms with Crippen molar-refractivity contribution in [3.05, 3.63) is 101 Å². The zero-order valence-corrected chi connectivity index (χ0v) is 16.8. The van der Waals surface area contributed by atoms with Crippen LogP contribution < -0.4 is 4.90 Å². The molecule has 1 fully saturated rings. The van der Waals surface area contributed by atoms with E-state index in [2.05, 4.69) is 0 Å². The summed E-state index contributed by atoms with van der Waals surface area (Å²) in [6.07, 6.45) is -0.00266. The number of carbonyl (C=O) groups excluding carboxylic acids is 1. The molecular formula is C25H23F2NO3. The van der Waals surface area contributed by atoms with Crippen LogP contribution in [-0.4, -0.2) is 16.1 Å². The summed E-state index contributed by atoms with van der Waals surface area (Å²) < 4.78 is 26.5. The molecule has 2 N–H and O–H groups in total. The molecule has 1 aliphatic rings. The number of β-lactam (4-membered cyclic amide) rings is 1. The molecule has 0 unspecified atom stereocenters. The molecule has 3 aromatic rings. The molecule has 0 radical (unpaired) electrons. The summed E-state index contributed by atoms with van der Waals surface area (Å²) in [6.45, 7) is -0.0706. The van der Waals surface area contributed by atoms with Crippen LogP contribution in [0.1, 0.15) is 41.7 Å². The number of aliphatic hydroxyl groups is 2. The van der Waals surface area contributed by atoms with Gasteiger partial charge in [-0.05, 0) is 65.9 Å². The van der Waals surface area contributed by atoms with Crippen molar-refractivity contribution in [2.24, 2.45) is 5.92 Å². The Bertz CT molecular complexity index is 1040. The number of halogens is 2. The van der Waals surface area contributed by atoms with Gasteiger partial charge in [-0.1, -0.05) is 36.4 Å². The molecule has 0 aliphatic carbocycles. The number of amides is 1. The number of anilines is 1. The Balaban J connectivity index is 1.55. The molecular weight excluding hydrogens is 400 g/mol. The summed E-state index contributed by atoms with van der Waals surface area (Å²) in [5.74, 6) is -1.18. The van der Waals surface area contributed by atoms with Crippen molar-refractivity contribution >= 4 is 11.6 Å². The normalized spacial score (nSPS) is 19.2. The molecule has 6 heteroatoms. The van der Waals surface area contributed by atoms with Gasteiger partial charge in [-0.15, -0.1) is 0 Å². The summed E-state index contributed by atoms with van der Waals surface area (Å²) in [7, 11) is 0. The van der Waals surface area contributed by atoms with E-state index in [4.69, 9.17) is 0 Å². The van der Waals surface area contributed by atoms with Gasteiger partial charge in [-0.3, -0.25) is 4.79 Å². The first kappa shape index (κ1) is 21.2. The Labute approximate surface area is 179 Å². The number of rotatable bonds is 7. The Kier molecular flexibility index (Phi) is 6.11. The minimum atomic E-state index is -0.800. The maximum Gasteiger partial charge on any atom is 0.233 e. The summed E-state index contributed by atoms with van der Waals surface area (Å²) in [5, 5.41) is 19.8. The molecule has 3 aromatic carbocycles. The Morgan fingerprint density at radius 1 is 0.871 bits per heavy atom. The second-order valence-electron chi connectivity index (χ2n) is 7.78. The molecule has 1 amide bonds. The molecule has 3 atom stereocenters. The van der Waals surface area contributed by atoms with Crippen LogP contribution in [0.15, 0.2) is 72.8 Å². The topological polar surface area (TPSA) is 60.8 Å². The molecule has 160 valence electrons. The third-order valence-electron chi connectivity index (χ3n) is 5.83. The maximum absolute atomic E-state index is 13.4. The van der Waals surface area contributed by atoms with Crippen LogP contribution in [0.25, 0.3) is 0 Å². The molecule has 0 saturated carbocycles. The van der Waals surface area contributed by atoms with Gasteiger partial charge < -0.3 is 15.1 Å². The predicted molar refractivity (Wildman–Crippen MR) is 113 cm³/mol. The van der Waals surface area contributed by atoms with Gasteiger partial charge in [0.2, 0.25) is 5.91 Å². The van der Waals surface area contributed by atoms with Crippen LogP contribution >= 0.6 is 0 Å². The minimum Gasteiger partial charge on any atom is -0.392 e. The summed E-state index contributed by atoms with van der Waals surface area (Å²) in [6, 6.07) is 18.6. The second-order valence-corrected chi connectivity index (χ2v) is 7.78. The highest BCUT2D eigenvalue weighted by atomic mass is 19.1. The molecule has 1 saturated heterocycles. The smallest absolute Gasteiger partial charge is 0.233 e. The van der Waals surface area contributed by atoms with Gasteiger partial charge in [0, 0.05) is 5.69 Å². The van der Waals surface area contributed by atoms with Crippen molar-refractivity contribution in [2.75, 3.05) is 4.90 Å². The molecule has 0 spiro atoms. The number of carbonyl (C=O) groups is 1. The standard InChI is InChI=1S/C25H23F2NO3/c26-19-7-5-17(6-8-19)23(30)14-13-22-24(18-3-1-16(15-29)2-4-18)28(25(22)31)21-11-9-20(27)10-12-21/h1-12,22-24,29-30H,13-15H2/t22-,23+,24-/m1/s1. The lowest BCUT2D eigenvalue weighted by Crippen LogP contribution is -2.55. The predicted octanol–water partition coefficient (Wildman–Crippen LogP) is 4.68. The number of hydrogen-bond acceptors (Lipinski definition) is 3. The molecule has 4 rings (SSSR count). The van der Waals surface area contributed by atoms with Gasteiger partial charge in [0.05, 0.1) is 24.7 Å². The van der Waals surface area contributed by atoms with Gasteiger partial charge in [-0.25, -0.2) is 8.78 Å². The lowest BCUT2D eigenvalue weighted by molar-refractivity contribution is -0.131.